The lowest BCUT2D eigenvalue weighted by Gasteiger charge is -2.18. The number of rotatable bonds is 4. The van der Waals surface area contributed by atoms with Gasteiger partial charge in [0, 0.05) is 5.56 Å². The van der Waals surface area contributed by atoms with E-state index in [1.165, 1.54) is 18.2 Å². The summed E-state index contributed by atoms with van der Waals surface area (Å²) in [7, 11) is 0. The summed E-state index contributed by atoms with van der Waals surface area (Å²) in [6.07, 6.45) is 0.0605. The highest BCUT2D eigenvalue weighted by atomic mass is 35.5. The smallest absolute Gasteiger partial charge is 0.142 e. The molecule has 2 rings (SSSR count). The summed E-state index contributed by atoms with van der Waals surface area (Å²) in [5.41, 5.74) is 2.55. The number of hydrogen-bond donors (Lipinski definition) is 2. The number of hydrogen-bond acceptors (Lipinski definition) is 2. The van der Waals surface area contributed by atoms with E-state index in [9.17, 15) is 13.2 Å². The third-order valence-electron chi connectivity index (χ3n) is 3.00. The van der Waals surface area contributed by atoms with Crippen LogP contribution in [0, 0.1) is 17.5 Å². The average Bonchev–Trinajstić information content (AvgIpc) is 2.42. The maximum atomic E-state index is 13.7. The highest BCUT2D eigenvalue weighted by Crippen LogP contribution is 2.27. The van der Waals surface area contributed by atoms with E-state index in [1.54, 1.807) is 6.07 Å². The Morgan fingerprint density at radius 2 is 1.55 bits per heavy atom. The molecule has 0 fully saturated rings. The van der Waals surface area contributed by atoms with E-state index in [-0.39, 0.29) is 17.0 Å². The van der Waals surface area contributed by atoms with E-state index >= 15 is 0 Å². The van der Waals surface area contributed by atoms with Gasteiger partial charge >= 0.3 is 0 Å². The second-order valence-electron chi connectivity index (χ2n) is 4.27. The van der Waals surface area contributed by atoms with Crippen LogP contribution < -0.4 is 11.3 Å². The molecule has 0 heterocycles. The summed E-state index contributed by atoms with van der Waals surface area (Å²) < 4.78 is 40.8. The lowest BCUT2D eigenvalue weighted by Crippen LogP contribution is -2.31. The summed E-state index contributed by atoms with van der Waals surface area (Å²) in [5, 5.41) is -0.0792. The van der Waals surface area contributed by atoms with Gasteiger partial charge in [-0.15, -0.1) is 0 Å². The lowest BCUT2D eigenvalue weighted by molar-refractivity contribution is 0.472. The van der Waals surface area contributed by atoms with Crippen molar-refractivity contribution in [3.8, 4) is 0 Å². The van der Waals surface area contributed by atoms with Crippen LogP contribution in [0.1, 0.15) is 17.2 Å². The first kappa shape index (κ1) is 14.8. The van der Waals surface area contributed by atoms with Gasteiger partial charge in [0.15, 0.2) is 0 Å². The molecule has 0 saturated heterocycles. The molecular formula is C14H12ClF3N2. The van der Waals surface area contributed by atoms with Crippen LogP contribution in [0.4, 0.5) is 13.2 Å². The first-order chi connectivity index (χ1) is 9.54. The fourth-order valence-corrected chi connectivity index (χ4v) is 2.22. The quantitative estimate of drug-likeness (QED) is 0.670. The van der Waals surface area contributed by atoms with Crippen molar-refractivity contribution >= 4 is 11.6 Å². The van der Waals surface area contributed by atoms with Crippen molar-refractivity contribution in [1.29, 1.82) is 0 Å². The Morgan fingerprint density at radius 1 is 1.00 bits per heavy atom. The molecule has 0 spiro atoms. The van der Waals surface area contributed by atoms with Crippen molar-refractivity contribution in [2.75, 3.05) is 0 Å². The molecule has 0 radical (unpaired) electrons. The van der Waals surface area contributed by atoms with Crippen LogP contribution >= 0.6 is 11.6 Å². The Bertz CT molecular complexity index is 599. The molecule has 2 nitrogen and oxygen atoms in total. The van der Waals surface area contributed by atoms with Crippen molar-refractivity contribution in [2.45, 2.75) is 12.5 Å². The summed E-state index contributed by atoms with van der Waals surface area (Å²) >= 11 is 5.83. The molecule has 0 aliphatic heterocycles. The molecule has 0 saturated carbocycles. The molecule has 1 atom stereocenters. The first-order valence-electron chi connectivity index (χ1n) is 5.87. The summed E-state index contributed by atoms with van der Waals surface area (Å²) in [5.74, 6) is 3.33. The Morgan fingerprint density at radius 3 is 2.15 bits per heavy atom. The Balaban J connectivity index is 2.37. The standard InChI is InChI=1S/C14H12ClF3N2/c15-14-8(3-1-6-11(14)18)7-12(20-19)13-9(16)4-2-5-10(13)17/h1-6,12,20H,7,19H2. The van der Waals surface area contributed by atoms with E-state index in [2.05, 4.69) is 5.43 Å². The van der Waals surface area contributed by atoms with E-state index in [0.29, 0.717) is 5.56 Å². The van der Waals surface area contributed by atoms with Crippen LogP contribution in [0.5, 0.6) is 0 Å². The minimum absolute atomic E-state index is 0.0605. The Hall–Kier alpha value is -1.56. The van der Waals surface area contributed by atoms with Crippen molar-refractivity contribution in [1.82, 2.24) is 5.43 Å². The molecule has 2 aromatic rings. The molecule has 0 bridgehead atoms. The van der Waals surface area contributed by atoms with Gasteiger partial charge < -0.3 is 0 Å². The highest BCUT2D eigenvalue weighted by molar-refractivity contribution is 6.31. The average molecular weight is 301 g/mol. The molecule has 0 aliphatic rings. The van der Waals surface area contributed by atoms with E-state index in [4.69, 9.17) is 17.4 Å². The van der Waals surface area contributed by atoms with Gasteiger partial charge in [0.05, 0.1) is 11.1 Å². The van der Waals surface area contributed by atoms with Gasteiger partial charge in [0.25, 0.3) is 0 Å². The van der Waals surface area contributed by atoms with Gasteiger partial charge in [-0.25, -0.2) is 13.2 Å². The maximum absolute atomic E-state index is 13.7. The first-order valence-corrected chi connectivity index (χ1v) is 6.25. The van der Waals surface area contributed by atoms with Gasteiger partial charge in [-0.2, -0.15) is 0 Å². The Kier molecular flexibility index (Phi) is 4.65. The second kappa shape index (κ2) is 6.26. The SMILES string of the molecule is NNC(Cc1cccc(F)c1Cl)c1c(F)cccc1F. The maximum Gasteiger partial charge on any atom is 0.142 e. The van der Waals surface area contributed by atoms with E-state index < -0.39 is 23.5 Å². The Labute approximate surface area is 119 Å². The number of nitrogens with two attached hydrogens (primary N) is 1. The van der Waals surface area contributed by atoms with Crippen LogP contribution in [0.15, 0.2) is 36.4 Å². The van der Waals surface area contributed by atoms with Crippen LogP contribution in [-0.2, 0) is 6.42 Å². The van der Waals surface area contributed by atoms with E-state index in [1.807, 2.05) is 0 Å². The van der Waals surface area contributed by atoms with Gasteiger partial charge in [-0.3, -0.25) is 11.3 Å². The third-order valence-corrected chi connectivity index (χ3v) is 3.43. The number of benzene rings is 2. The summed E-state index contributed by atoms with van der Waals surface area (Å²) in [4.78, 5) is 0. The van der Waals surface area contributed by atoms with Crippen molar-refractivity contribution < 1.29 is 13.2 Å². The van der Waals surface area contributed by atoms with Crippen molar-refractivity contribution in [2.24, 2.45) is 5.84 Å². The minimum atomic E-state index is -0.851. The van der Waals surface area contributed by atoms with Crippen molar-refractivity contribution in [3.05, 3.63) is 70.0 Å². The van der Waals surface area contributed by atoms with Crippen LogP contribution in [0.3, 0.4) is 0 Å². The van der Waals surface area contributed by atoms with Crippen LogP contribution in [-0.4, -0.2) is 0 Å². The highest BCUT2D eigenvalue weighted by Gasteiger charge is 2.21. The molecule has 6 heteroatoms. The molecule has 106 valence electrons. The molecule has 1 unspecified atom stereocenters. The predicted octanol–water partition coefficient (Wildman–Crippen LogP) is 3.50. The summed E-state index contributed by atoms with van der Waals surface area (Å²) in [6, 6.07) is 6.94. The molecule has 3 N–H and O–H groups in total. The topological polar surface area (TPSA) is 38.0 Å². The number of halogens is 4. The van der Waals surface area contributed by atoms with Gasteiger partial charge in [-0.05, 0) is 30.2 Å². The zero-order valence-corrected chi connectivity index (χ0v) is 11.1. The fraction of sp³-hybridized carbons (Fsp3) is 0.143. The lowest BCUT2D eigenvalue weighted by atomic mass is 9.98. The fourth-order valence-electron chi connectivity index (χ4n) is 2.01. The molecule has 2 aromatic carbocycles. The largest absolute Gasteiger partial charge is 0.271 e. The van der Waals surface area contributed by atoms with E-state index in [0.717, 1.165) is 12.1 Å². The van der Waals surface area contributed by atoms with Gasteiger partial charge in [0.2, 0.25) is 0 Å². The second-order valence-corrected chi connectivity index (χ2v) is 4.65. The number of hydrazine groups is 1. The predicted molar refractivity (Wildman–Crippen MR) is 71.5 cm³/mol. The normalized spacial score (nSPS) is 12.4. The van der Waals surface area contributed by atoms with Crippen LogP contribution in [0.25, 0.3) is 0 Å². The molecule has 0 aromatic heterocycles. The van der Waals surface area contributed by atoms with Gasteiger partial charge in [-0.1, -0.05) is 29.8 Å². The minimum Gasteiger partial charge on any atom is -0.271 e. The van der Waals surface area contributed by atoms with Crippen molar-refractivity contribution in [3.63, 3.8) is 0 Å². The number of nitrogens with one attached hydrogen (secondary N) is 1. The molecule has 20 heavy (non-hydrogen) atoms. The molecular weight excluding hydrogens is 289 g/mol. The molecule has 0 aliphatic carbocycles. The monoisotopic (exact) mass is 300 g/mol. The zero-order chi connectivity index (χ0) is 14.7. The summed E-state index contributed by atoms with van der Waals surface area (Å²) in [6.45, 7) is 0. The molecule has 0 amide bonds. The zero-order valence-electron chi connectivity index (χ0n) is 10.3. The third kappa shape index (κ3) is 2.95. The van der Waals surface area contributed by atoms with Crippen LogP contribution in [0.2, 0.25) is 5.02 Å². The van der Waals surface area contributed by atoms with Gasteiger partial charge in [0.1, 0.15) is 17.5 Å².